The van der Waals surface area contributed by atoms with Gasteiger partial charge in [0.25, 0.3) is 0 Å². The van der Waals surface area contributed by atoms with E-state index in [9.17, 15) is 0 Å². The van der Waals surface area contributed by atoms with E-state index in [2.05, 4.69) is 21.8 Å². The van der Waals surface area contributed by atoms with Crippen LogP contribution in [0.15, 0.2) is 18.2 Å². The van der Waals surface area contributed by atoms with Crippen LogP contribution in [0.25, 0.3) is 11.0 Å². The second kappa shape index (κ2) is 4.49. The Morgan fingerprint density at radius 3 is 3.28 bits per heavy atom. The molecule has 1 atom stereocenters. The zero-order chi connectivity index (χ0) is 12.5. The molecule has 0 spiro atoms. The number of aromatic nitrogens is 2. The molecule has 1 fully saturated rings. The first-order valence-corrected chi connectivity index (χ1v) is 6.37. The van der Waals surface area contributed by atoms with Gasteiger partial charge in [0.1, 0.15) is 0 Å². The van der Waals surface area contributed by atoms with Crippen molar-refractivity contribution in [2.45, 2.75) is 19.4 Å². The molecule has 0 radical (unpaired) electrons. The highest BCUT2D eigenvalue weighted by Crippen LogP contribution is 2.23. The lowest BCUT2D eigenvalue weighted by atomic mass is 10.2. The Bertz CT molecular complexity index is 551. The Morgan fingerprint density at radius 1 is 1.56 bits per heavy atom. The molecule has 1 aliphatic heterocycles. The van der Waals surface area contributed by atoms with Crippen LogP contribution in [0.3, 0.4) is 0 Å². The zero-order valence-electron chi connectivity index (χ0n) is 10.5. The van der Waals surface area contributed by atoms with E-state index >= 15 is 0 Å². The SMILES string of the molecule is CCC1COCCN1c1nc2ccc(N)cc2[nH]1. The van der Waals surface area contributed by atoms with Gasteiger partial charge in [0.15, 0.2) is 0 Å². The highest BCUT2D eigenvalue weighted by atomic mass is 16.5. The molecule has 18 heavy (non-hydrogen) atoms. The van der Waals surface area contributed by atoms with Crippen LogP contribution >= 0.6 is 0 Å². The van der Waals surface area contributed by atoms with Crippen molar-refractivity contribution in [1.82, 2.24) is 9.97 Å². The fourth-order valence-corrected chi connectivity index (χ4v) is 2.42. The molecule has 3 N–H and O–H groups in total. The van der Waals surface area contributed by atoms with E-state index < -0.39 is 0 Å². The number of fused-ring (bicyclic) bond motifs is 1. The predicted molar refractivity (Wildman–Crippen MR) is 72.8 cm³/mol. The van der Waals surface area contributed by atoms with Gasteiger partial charge in [-0.05, 0) is 24.6 Å². The first-order valence-electron chi connectivity index (χ1n) is 6.37. The minimum atomic E-state index is 0.400. The maximum Gasteiger partial charge on any atom is 0.204 e. The average Bonchev–Trinajstić information content (AvgIpc) is 2.81. The van der Waals surface area contributed by atoms with E-state index in [-0.39, 0.29) is 0 Å². The molecule has 1 saturated heterocycles. The van der Waals surface area contributed by atoms with Crippen molar-refractivity contribution in [3.8, 4) is 0 Å². The molecule has 0 saturated carbocycles. The highest BCUT2D eigenvalue weighted by molar-refractivity contribution is 5.80. The Balaban J connectivity index is 1.97. The van der Waals surface area contributed by atoms with Gasteiger partial charge >= 0.3 is 0 Å². The summed E-state index contributed by atoms with van der Waals surface area (Å²) in [5, 5.41) is 0. The average molecular weight is 246 g/mol. The van der Waals surface area contributed by atoms with Crippen molar-refractivity contribution in [3.63, 3.8) is 0 Å². The van der Waals surface area contributed by atoms with Gasteiger partial charge < -0.3 is 20.4 Å². The van der Waals surface area contributed by atoms with Crippen LogP contribution in [0.5, 0.6) is 0 Å². The summed E-state index contributed by atoms with van der Waals surface area (Å²) in [6, 6.07) is 6.15. The highest BCUT2D eigenvalue weighted by Gasteiger charge is 2.23. The molecule has 5 nitrogen and oxygen atoms in total. The molecule has 3 rings (SSSR count). The van der Waals surface area contributed by atoms with Crippen LogP contribution < -0.4 is 10.6 Å². The molecular weight excluding hydrogens is 228 g/mol. The number of H-pyrrole nitrogens is 1. The van der Waals surface area contributed by atoms with Crippen molar-refractivity contribution in [2.75, 3.05) is 30.4 Å². The number of nitrogens with one attached hydrogen (secondary N) is 1. The van der Waals surface area contributed by atoms with Crippen LogP contribution in [-0.4, -0.2) is 35.8 Å². The number of nitrogens with zero attached hydrogens (tertiary/aromatic N) is 2. The Hall–Kier alpha value is -1.75. The van der Waals surface area contributed by atoms with Gasteiger partial charge in [-0.2, -0.15) is 0 Å². The minimum Gasteiger partial charge on any atom is -0.399 e. The van der Waals surface area contributed by atoms with Crippen molar-refractivity contribution < 1.29 is 4.74 Å². The summed E-state index contributed by atoms with van der Waals surface area (Å²) in [7, 11) is 0. The van der Waals surface area contributed by atoms with Crippen LogP contribution in [0.4, 0.5) is 11.6 Å². The van der Waals surface area contributed by atoms with E-state index in [1.165, 1.54) is 0 Å². The predicted octanol–water partition coefficient (Wildman–Crippen LogP) is 1.76. The molecule has 0 bridgehead atoms. The monoisotopic (exact) mass is 246 g/mol. The van der Waals surface area contributed by atoms with Gasteiger partial charge in [0.05, 0.1) is 30.3 Å². The lowest BCUT2D eigenvalue weighted by molar-refractivity contribution is 0.0922. The van der Waals surface area contributed by atoms with E-state index in [0.717, 1.165) is 48.8 Å². The summed E-state index contributed by atoms with van der Waals surface area (Å²) in [5.74, 6) is 0.922. The second-order valence-electron chi connectivity index (χ2n) is 4.67. The fraction of sp³-hybridized carbons (Fsp3) is 0.462. The molecule has 1 unspecified atom stereocenters. The maximum absolute atomic E-state index is 5.78. The van der Waals surface area contributed by atoms with Crippen LogP contribution in [-0.2, 0) is 4.74 Å². The van der Waals surface area contributed by atoms with Crippen LogP contribution in [0.2, 0.25) is 0 Å². The minimum absolute atomic E-state index is 0.400. The topological polar surface area (TPSA) is 67.2 Å². The van der Waals surface area contributed by atoms with E-state index in [1.54, 1.807) is 0 Å². The van der Waals surface area contributed by atoms with E-state index in [1.807, 2.05) is 18.2 Å². The number of rotatable bonds is 2. The largest absolute Gasteiger partial charge is 0.399 e. The van der Waals surface area contributed by atoms with Crippen molar-refractivity contribution in [1.29, 1.82) is 0 Å². The summed E-state index contributed by atoms with van der Waals surface area (Å²) in [5.41, 5.74) is 8.49. The van der Waals surface area contributed by atoms with Gasteiger partial charge in [-0.25, -0.2) is 4.98 Å². The first-order chi connectivity index (χ1) is 8.78. The molecule has 5 heteroatoms. The van der Waals surface area contributed by atoms with E-state index in [0.29, 0.717) is 6.04 Å². The number of nitrogens with two attached hydrogens (primary N) is 1. The van der Waals surface area contributed by atoms with Crippen LogP contribution in [0.1, 0.15) is 13.3 Å². The lowest BCUT2D eigenvalue weighted by Gasteiger charge is -2.34. The smallest absolute Gasteiger partial charge is 0.204 e. The molecule has 1 aromatic carbocycles. The van der Waals surface area contributed by atoms with Gasteiger partial charge in [-0.1, -0.05) is 6.92 Å². The third-order valence-corrected chi connectivity index (χ3v) is 3.46. The number of morpholine rings is 1. The molecule has 1 aliphatic rings. The summed E-state index contributed by atoms with van der Waals surface area (Å²) >= 11 is 0. The number of nitrogen functional groups attached to an aromatic ring is 1. The van der Waals surface area contributed by atoms with Gasteiger partial charge in [-0.15, -0.1) is 0 Å². The van der Waals surface area contributed by atoms with E-state index in [4.69, 9.17) is 10.5 Å². The Labute approximate surface area is 106 Å². The number of benzene rings is 1. The summed E-state index contributed by atoms with van der Waals surface area (Å²) in [6.45, 7) is 4.59. The Kier molecular flexibility index (Phi) is 2.83. The number of hydrogen-bond acceptors (Lipinski definition) is 4. The van der Waals surface area contributed by atoms with Gasteiger partial charge in [0.2, 0.25) is 5.95 Å². The third kappa shape index (κ3) is 1.90. The number of imidazole rings is 1. The molecule has 0 amide bonds. The summed E-state index contributed by atoms with van der Waals surface area (Å²) in [6.07, 6.45) is 1.05. The molecule has 1 aromatic heterocycles. The number of aromatic amines is 1. The second-order valence-corrected chi connectivity index (χ2v) is 4.67. The van der Waals surface area contributed by atoms with Crippen molar-refractivity contribution in [3.05, 3.63) is 18.2 Å². The third-order valence-electron chi connectivity index (χ3n) is 3.46. The molecule has 0 aliphatic carbocycles. The number of hydrogen-bond donors (Lipinski definition) is 2. The molecular formula is C13H18N4O. The quantitative estimate of drug-likeness (QED) is 0.792. The van der Waals surface area contributed by atoms with Gasteiger partial charge in [-0.3, -0.25) is 0 Å². The normalized spacial score (nSPS) is 20.5. The zero-order valence-corrected chi connectivity index (χ0v) is 10.5. The summed E-state index contributed by atoms with van der Waals surface area (Å²) < 4.78 is 5.51. The number of ether oxygens (including phenoxy) is 1. The molecule has 2 heterocycles. The van der Waals surface area contributed by atoms with Crippen LogP contribution in [0, 0.1) is 0 Å². The summed E-state index contributed by atoms with van der Waals surface area (Å²) in [4.78, 5) is 10.3. The number of anilines is 2. The Morgan fingerprint density at radius 2 is 2.44 bits per heavy atom. The first kappa shape index (κ1) is 11.3. The van der Waals surface area contributed by atoms with Gasteiger partial charge in [0, 0.05) is 12.2 Å². The lowest BCUT2D eigenvalue weighted by Crippen LogP contribution is -2.45. The fourth-order valence-electron chi connectivity index (χ4n) is 2.42. The molecule has 2 aromatic rings. The molecule has 96 valence electrons. The standard InChI is InChI=1S/C13H18N4O/c1-2-10-8-18-6-5-17(10)13-15-11-4-3-9(14)7-12(11)16-13/h3-4,7,10H,2,5-6,8,14H2,1H3,(H,15,16). The van der Waals surface area contributed by atoms with Crippen molar-refractivity contribution in [2.24, 2.45) is 0 Å². The van der Waals surface area contributed by atoms with Crippen molar-refractivity contribution >= 4 is 22.7 Å². The maximum atomic E-state index is 5.78.